The highest BCUT2D eigenvalue weighted by atomic mass is 79.9. The summed E-state index contributed by atoms with van der Waals surface area (Å²) in [5.74, 6) is 0.276. The number of hydrogen-bond donors (Lipinski definition) is 0. The van der Waals surface area contributed by atoms with Crippen molar-refractivity contribution in [1.29, 1.82) is 0 Å². The normalized spacial score (nSPS) is 29.7. The van der Waals surface area contributed by atoms with Crippen molar-refractivity contribution in [2.75, 3.05) is 7.11 Å². The molecule has 2 nitrogen and oxygen atoms in total. The van der Waals surface area contributed by atoms with Gasteiger partial charge in [0.05, 0.1) is 0 Å². The van der Waals surface area contributed by atoms with Gasteiger partial charge in [0.25, 0.3) is 0 Å². The first-order chi connectivity index (χ1) is 7.20. The van der Waals surface area contributed by atoms with Gasteiger partial charge in [-0.3, -0.25) is 0 Å². The molecule has 3 atom stereocenters. The van der Waals surface area contributed by atoms with Crippen LogP contribution in [0.15, 0.2) is 24.3 Å². The number of rotatable bonds is 3. The fourth-order valence-electron chi connectivity index (χ4n) is 1.66. The van der Waals surface area contributed by atoms with Crippen molar-refractivity contribution in [3.63, 3.8) is 0 Å². The topological polar surface area (TPSA) is 18.5 Å². The molecule has 0 radical (unpaired) electrons. The number of benzene rings is 1. The fourth-order valence-corrected chi connectivity index (χ4v) is 2.58. The third-order valence-electron chi connectivity index (χ3n) is 2.54. The Balaban J connectivity index is 1.98. The fraction of sp³-hybridized carbons (Fsp3) is 0.455. The lowest BCUT2D eigenvalue weighted by Crippen LogP contribution is -2.51. The smallest absolute Gasteiger partial charge is 0.127 e. The molecule has 15 heavy (non-hydrogen) atoms. The van der Waals surface area contributed by atoms with Crippen LogP contribution in [0.2, 0.25) is 0 Å². The van der Waals surface area contributed by atoms with E-state index < -0.39 is 0 Å². The Hall–Kier alpha value is -0.610. The summed E-state index contributed by atoms with van der Waals surface area (Å²) in [7, 11) is 1.65. The summed E-state index contributed by atoms with van der Waals surface area (Å²) in [5.41, 5.74) is 0. The number of methoxy groups -OCH3 is 1. The second-order valence-corrected chi connectivity index (χ2v) is 4.74. The second kappa shape index (κ2) is 4.49. The van der Waals surface area contributed by atoms with Crippen LogP contribution >= 0.6 is 15.9 Å². The maximum absolute atomic E-state index is 12.9. The van der Waals surface area contributed by atoms with Crippen LogP contribution in [-0.4, -0.2) is 24.1 Å². The summed E-state index contributed by atoms with van der Waals surface area (Å²) in [6.07, 6.45) is 0.948. The summed E-state index contributed by atoms with van der Waals surface area (Å²) >= 11 is 3.48. The maximum Gasteiger partial charge on any atom is 0.127 e. The van der Waals surface area contributed by atoms with Crippen molar-refractivity contribution in [2.45, 2.75) is 23.5 Å². The first kappa shape index (κ1) is 10.9. The van der Waals surface area contributed by atoms with Crippen LogP contribution in [0.25, 0.3) is 0 Å². The third kappa shape index (κ3) is 2.32. The number of halogens is 2. The van der Waals surface area contributed by atoms with E-state index in [1.807, 2.05) is 0 Å². The first-order valence-electron chi connectivity index (χ1n) is 4.80. The molecule has 1 aliphatic carbocycles. The molecule has 0 aromatic heterocycles. The number of hydrogen-bond acceptors (Lipinski definition) is 2. The summed E-state index contributed by atoms with van der Waals surface area (Å²) in [4.78, 5) is 0.334. The molecule has 0 N–H and O–H groups in total. The van der Waals surface area contributed by atoms with E-state index in [4.69, 9.17) is 9.47 Å². The van der Waals surface area contributed by atoms with E-state index in [9.17, 15) is 4.39 Å². The Bertz CT molecular complexity index is 345. The molecule has 4 heteroatoms. The first-order valence-corrected chi connectivity index (χ1v) is 5.71. The molecule has 0 amide bonds. The van der Waals surface area contributed by atoms with E-state index >= 15 is 0 Å². The van der Waals surface area contributed by atoms with Gasteiger partial charge in [0.15, 0.2) is 0 Å². The van der Waals surface area contributed by atoms with Gasteiger partial charge in [-0.2, -0.15) is 0 Å². The zero-order valence-corrected chi connectivity index (χ0v) is 9.91. The lowest BCUT2D eigenvalue weighted by atomic mass is 9.91. The molecule has 1 aromatic carbocycles. The molecule has 0 spiro atoms. The van der Waals surface area contributed by atoms with Gasteiger partial charge < -0.3 is 9.47 Å². The summed E-state index contributed by atoms with van der Waals surface area (Å²) in [5, 5.41) is 0. The molecule has 1 aliphatic rings. The minimum atomic E-state index is -0.281. The molecule has 82 valence electrons. The Morgan fingerprint density at radius 3 is 2.87 bits per heavy atom. The monoisotopic (exact) mass is 274 g/mol. The Kier molecular flexibility index (Phi) is 3.26. The zero-order valence-electron chi connectivity index (χ0n) is 8.32. The van der Waals surface area contributed by atoms with E-state index in [1.165, 1.54) is 12.1 Å². The molecule has 3 unspecified atom stereocenters. The molecule has 0 bridgehead atoms. The summed E-state index contributed by atoms with van der Waals surface area (Å²) in [6, 6.07) is 6.16. The Morgan fingerprint density at radius 2 is 2.27 bits per heavy atom. The van der Waals surface area contributed by atoms with Gasteiger partial charge in [0.2, 0.25) is 0 Å². The maximum atomic E-state index is 12.9. The molecule has 1 fully saturated rings. The van der Waals surface area contributed by atoms with Crippen molar-refractivity contribution in [3.8, 4) is 5.75 Å². The summed E-state index contributed by atoms with van der Waals surface area (Å²) < 4.78 is 23.7. The number of ether oxygens (including phenoxy) is 2. The van der Waals surface area contributed by atoms with Crippen LogP contribution < -0.4 is 4.74 Å². The summed E-state index contributed by atoms with van der Waals surface area (Å²) in [6.45, 7) is 0. The van der Waals surface area contributed by atoms with Gasteiger partial charge in [0, 0.05) is 24.4 Å². The van der Waals surface area contributed by atoms with Crippen LogP contribution in [0, 0.1) is 5.82 Å². The van der Waals surface area contributed by atoms with Crippen LogP contribution in [-0.2, 0) is 4.74 Å². The van der Waals surface area contributed by atoms with E-state index in [1.54, 1.807) is 19.2 Å². The molecule has 1 saturated carbocycles. The predicted molar refractivity (Wildman–Crippen MR) is 58.9 cm³/mol. The van der Waals surface area contributed by atoms with Crippen molar-refractivity contribution in [1.82, 2.24) is 0 Å². The van der Waals surface area contributed by atoms with Crippen molar-refractivity contribution >= 4 is 15.9 Å². The lowest BCUT2D eigenvalue weighted by molar-refractivity contribution is -0.0545. The van der Waals surface area contributed by atoms with Crippen molar-refractivity contribution in [3.05, 3.63) is 30.1 Å². The predicted octanol–water partition coefficient (Wildman–Crippen LogP) is 2.76. The second-order valence-electron chi connectivity index (χ2n) is 3.57. The van der Waals surface area contributed by atoms with E-state index in [0.717, 1.165) is 6.42 Å². The molecule has 0 heterocycles. The average molecular weight is 275 g/mol. The van der Waals surface area contributed by atoms with Gasteiger partial charge >= 0.3 is 0 Å². The van der Waals surface area contributed by atoms with Gasteiger partial charge in [-0.25, -0.2) is 4.39 Å². The molecular formula is C11H12BrFO2. The molecule has 1 aromatic rings. The highest BCUT2D eigenvalue weighted by Crippen LogP contribution is 2.33. The SMILES string of the molecule is COC1C(Br)CC1Oc1cccc(F)c1. The average Bonchev–Trinajstić information content (AvgIpc) is 2.17. The van der Waals surface area contributed by atoms with Crippen LogP contribution in [0.5, 0.6) is 5.75 Å². The van der Waals surface area contributed by atoms with Gasteiger partial charge in [-0.1, -0.05) is 22.0 Å². The minimum absolute atomic E-state index is 0.0150. The number of alkyl halides is 1. The largest absolute Gasteiger partial charge is 0.488 e. The van der Waals surface area contributed by atoms with Crippen molar-refractivity contribution in [2.24, 2.45) is 0 Å². The van der Waals surface area contributed by atoms with Gasteiger partial charge in [0.1, 0.15) is 23.8 Å². The van der Waals surface area contributed by atoms with E-state index in [0.29, 0.717) is 10.6 Å². The standard InChI is InChI=1S/C11H12BrFO2/c1-14-11-9(12)6-10(11)15-8-4-2-3-7(13)5-8/h2-5,9-11H,6H2,1H3. The minimum Gasteiger partial charge on any atom is -0.488 e. The van der Waals surface area contributed by atoms with E-state index in [2.05, 4.69) is 15.9 Å². The third-order valence-corrected chi connectivity index (χ3v) is 3.43. The molecule has 2 rings (SSSR count). The highest BCUT2D eigenvalue weighted by molar-refractivity contribution is 9.09. The highest BCUT2D eigenvalue weighted by Gasteiger charge is 2.41. The molecule has 0 saturated heterocycles. The van der Waals surface area contributed by atoms with Crippen LogP contribution in [0.3, 0.4) is 0 Å². The van der Waals surface area contributed by atoms with Crippen LogP contribution in [0.1, 0.15) is 6.42 Å². The van der Waals surface area contributed by atoms with Gasteiger partial charge in [-0.05, 0) is 12.1 Å². The molecular weight excluding hydrogens is 263 g/mol. The Morgan fingerprint density at radius 1 is 1.47 bits per heavy atom. The Labute approximate surface area is 96.5 Å². The van der Waals surface area contributed by atoms with Crippen LogP contribution in [0.4, 0.5) is 4.39 Å². The van der Waals surface area contributed by atoms with Crippen molar-refractivity contribution < 1.29 is 13.9 Å². The van der Waals surface area contributed by atoms with Gasteiger partial charge in [-0.15, -0.1) is 0 Å². The molecule has 0 aliphatic heterocycles. The quantitative estimate of drug-likeness (QED) is 0.790. The lowest BCUT2D eigenvalue weighted by Gasteiger charge is -2.40. The zero-order chi connectivity index (χ0) is 10.8. The van der Waals surface area contributed by atoms with E-state index in [-0.39, 0.29) is 18.0 Å².